The quantitative estimate of drug-likeness (QED) is 0.441. The molecular weight excluding hydrogens is 161 g/mol. The van der Waals surface area contributed by atoms with Crippen LogP contribution in [0.15, 0.2) is 0 Å². The average Bonchev–Trinajstić information content (AvgIpc) is 1.64. The van der Waals surface area contributed by atoms with Gasteiger partial charge in [-0.05, 0) is 0 Å². The van der Waals surface area contributed by atoms with Crippen LogP contribution < -0.4 is 6.15 Å². The molecule has 0 radical (unpaired) electrons. The van der Waals surface area contributed by atoms with E-state index in [1.165, 1.54) is 0 Å². The zero-order chi connectivity index (χ0) is 7.33. The van der Waals surface area contributed by atoms with E-state index in [1.54, 1.807) is 0 Å². The SMILES string of the molecule is N.N#COP(=O)(O)OC#N. The smallest absolute Gasteiger partial charge is 0.344 e. The molecule has 0 amide bonds. The standard InChI is InChI=1S/C2HN2O4P.H3N/c3-1-7-9(5,6)8-2-4;/h(H,5,6);1H3. The molecule has 0 aromatic rings. The Morgan fingerprint density at radius 2 is 1.60 bits per heavy atom. The van der Waals surface area contributed by atoms with E-state index >= 15 is 0 Å². The van der Waals surface area contributed by atoms with Crippen molar-refractivity contribution >= 4 is 7.82 Å². The minimum absolute atomic E-state index is 0. The molecule has 0 aliphatic heterocycles. The number of hydrogen-bond donors (Lipinski definition) is 2. The van der Waals surface area contributed by atoms with Crippen LogP contribution in [-0.4, -0.2) is 4.89 Å². The molecule has 0 bridgehead atoms. The van der Waals surface area contributed by atoms with Gasteiger partial charge in [-0.15, -0.1) is 10.5 Å². The van der Waals surface area contributed by atoms with E-state index in [0.717, 1.165) is 12.5 Å². The maximum atomic E-state index is 10.1. The summed E-state index contributed by atoms with van der Waals surface area (Å²) >= 11 is 0. The summed E-state index contributed by atoms with van der Waals surface area (Å²) in [6.45, 7) is 0. The van der Waals surface area contributed by atoms with Crippen LogP contribution in [0.1, 0.15) is 0 Å². The third-order valence-electron chi connectivity index (χ3n) is 0.312. The molecule has 0 unspecified atom stereocenters. The summed E-state index contributed by atoms with van der Waals surface area (Å²) in [5.74, 6) is 0. The fourth-order valence-electron chi connectivity index (χ4n) is 0.122. The second kappa shape index (κ2) is 4.59. The summed E-state index contributed by atoms with van der Waals surface area (Å²) in [4.78, 5) is 8.18. The Labute approximate surface area is 56.6 Å². The Bertz CT molecular complexity index is 194. The van der Waals surface area contributed by atoms with Gasteiger partial charge in [0.2, 0.25) is 0 Å². The molecule has 0 rings (SSSR count). The largest absolute Gasteiger partial charge is 0.604 e. The molecule has 0 spiro atoms. The number of phosphoric acid groups is 1. The zero-order valence-corrected chi connectivity index (χ0v) is 5.62. The molecule has 8 heteroatoms. The minimum Gasteiger partial charge on any atom is -0.344 e. The lowest BCUT2D eigenvalue weighted by Crippen LogP contribution is -1.82. The molecule has 0 atom stereocenters. The third kappa shape index (κ3) is 4.88. The Hall–Kier alpha value is -1.27. The number of nitriles is 2. The van der Waals surface area contributed by atoms with Gasteiger partial charge in [-0.1, -0.05) is 0 Å². The van der Waals surface area contributed by atoms with Crippen LogP contribution in [0.2, 0.25) is 0 Å². The normalized spacial score (nSPS) is 7.90. The predicted molar refractivity (Wildman–Crippen MR) is 28.2 cm³/mol. The second-order valence-electron chi connectivity index (χ2n) is 0.834. The highest BCUT2D eigenvalue weighted by Gasteiger charge is 2.22. The van der Waals surface area contributed by atoms with Gasteiger partial charge in [-0.25, -0.2) is 4.57 Å². The fourth-order valence-corrected chi connectivity index (χ4v) is 0.365. The van der Waals surface area contributed by atoms with Crippen molar-refractivity contribution in [3.63, 3.8) is 0 Å². The Balaban J connectivity index is 0. The second-order valence-corrected chi connectivity index (χ2v) is 2.14. The number of nitrogens with zero attached hydrogens (tertiary/aromatic N) is 2. The van der Waals surface area contributed by atoms with Gasteiger partial charge in [0.25, 0.3) is 12.5 Å². The van der Waals surface area contributed by atoms with Crippen molar-refractivity contribution in [2.75, 3.05) is 0 Å². The van der Waals surface area contributed by atoms with Crippen LogP contribution in [0.5, 0.6) is 0 Å². The van der Waals surface area contributed by atoms with Crippen LogP contribution >= 0.6 is 7.82 Å². The fraction of sp³-hybridized carbons (Fsp3) is 0. The summed E-state index contributed by atoms with van der Waals surface area (Å²) < 4.78 is 17.0. The molecular formula is C2H4N3O4P. The number of hydrogen-bond acceptors (Lipinski definition) is 6. The van der Waals surface area contributed by atoms with Crippen molar-refractivity contribution in [2.24, 2.45) is 0 Å². The van der Waals surface area contributed by atoms with Crippen molar-refractivity contribution < 1.29 is 18.5 Å². The third-order valence-corrected chi connectivity index (χ3v) is 0.937. The molecule has 0 aliphatic rings. The van der Waals surface area contributed by atoms with E-state index in [0.29, 0.717) is 0 Å². The van der Waals surface area contributed by atoms with Gasteiger partial charge in [-0.2, -0.15) is 0 Å². The zero-order valence-electron chi connectivity index (χ0n) is 4.72. The summed E-state index contributed by atoms with van der Waals surface area (Å²) in [5.41, 5.74) is 0. The van der Waals surface area contributed by atoms with Gasteiger partial charge in [0.15, 0.2) is 0 Å². The van der Waals surface area contributed by atoms with Crippen molar-refractivity contribution in [1.82, 2.24) is 6.15 Å². The van der Waals surface area contributed by atoms with E-state index in [4.69, 9.17) is 15.4 Å². The van der Waals surface area contributed by atoms with Crippen molar-refractivity contribution in [3.05, 3.63) is 0 Å². The molecule has 0 aromatic carbocycles. The lowest BCUT2D eigenvalue weighted by Gasteiger charge is -1.97. The Kier molecular flexibility index (Phi) is 5.29. The molecule has 0 fully saturated rings. The van der Waals surface area contributed by atoms with E-state index in [-0.39, 0.29) is 6.15 Å². The molecule has 0 aromatic heterocycles. The van der Waals surface area contributed by atoms with Crippen molar-refractivity contribution in [2.45, 2.75) is 0 Å². The maximum Gasteiger partial charge on any atom is 0.604 e. The monoisotopic (exact) mass is 165 g/mol. The van der Waals surface area contributed by atoms with Crippen molar-refractivity contribution in [1.29, 1.82) is 10.5 Å². The van der Waals surface area contributed by atoms with Crippen LogP contribution in [0.25, 0.3) is 0 Å². The lowest BCUT2D eigenvalue weighted by atomic mass is 11.6. The molecule has 0 saturated heterocycles. The highest BCUT2D eigenvalue weighted by Crippen LogP contribution is 2.41. The van der Waals surface area contributed by atoms with Gasteiger partial charge in [0, 0.05) is 0 Å². The van der Waals surface area contributed by atoms with E-state index in [1.807, 2.05) is 0 Å². The summed E-state index contributed by atoms with van der Waals surface area (Å²) in [6.07, 6.45) is 1.81. The van der Waals surface area contributed by atoms with E-state index in [2.05, 4.69) is 9.05 Å². The van der Waals surface area contributed by atoms with Gasteiger partial charge in [0.1, 0.15) is 0 Å². The van der Waals surface area contributed by atoms with Crippen LogP contribution in [0, 0.1) is 23.0 Å². The van der Waals surface area contributed by atoms with Gasteiger partial charge < -0.3 is 15.2 Å². The van der Waals surface area contributed by atoms with Crippen molar-refractivity contribution in [3.8, 4) is 12.5 Å². The molecule has 7 nitrogen and oxygen atoms in total. The summed E-state index contributed by atoms with van der Waals surface area (Å²) in [5, 5.41) is 15.3. The van der Waals surface area contributed by atoms with Gasteiger partial charge in [0.05, 0.1) is 0 Å². The molecule has 4 N–H and O–H groups in total. The number of rotatable bonds is 2. The number of phosphoric ester groups is 1. The average molecular weight is 165 g/mol. The lowest BCUT2D eigenvalue weighted by molar-refractivity contribution is 0.259. The molecule has 56 valence electrons. The maximum absolute atomic E-state index is 10.1. The molecule has 0 aliphatic carbocycles. The van der Waals surface area contributed by atoms with Gasteiger partial charge in [-0.3, -0.25) is 4.89 Å². The molecule has 10 heavy (non-hydrogen) atoms. The Morgan fingerprint density at radius 3 is 1.80 bits per heavy atom. The Morgan fingerprint density at radius 1 is 1.30 bits per heavy atom. The first-order chi connectivity index (χ1) is 4.12. The predicted octanol–water partition coefficient (Wildman–Crippen LogP) is 0.244. The minimum atomic E-state index is -4.41. The summed E-state index contributed by atoms with van der Waals surface area (Å²) in [6, 6.07) is 0. The highest BCUT2D eigenvalue weighted by atomic mass is 31.2. The van der Waals surface area contributed by atoms with E-state index < -0.39 is 7.82 Å². The van der Waals surface area contributed by atoms with E-state index in [9.17, 15) is 4.57 Å². The van der Waals surface area contributed by atoms with Crippen LogP contribution in [0.3, 0.4) is 0 Å². The first-order valence-electron chi connectivity index (χ1n) is 1.60. The first-order valence-corrected chi connectivity index (χ1v) is 3.10. The highest BCUT2D eigenvalue weighted by molar-refractivity contribution is 7.47. The van der Waals surface area contributed by atoms with Crippen LogP contribution in [0.4, 0.5) is 0 Å². The molecule has 0 heterocycles. The summed E-state index contributed by atoms with van der Waals surface area (Å²) in [7, 11) is -4.41. The first kappa shape index (κ1) is 11.5. The van der Waals surface area contributed by atoms with Crippen LogP contribution in [-0.2, 0) is 13.6 Å². The molecule has 0 saturated carbocycles. The topological polar surface area (TPSA) is 138 Å². The van der Waals surface area contributed by atoms with Gasteiger partial charge >= 0.3 is 7.82 Å².